The molecule has 1 fully saturated rings. The second-order valence-corrected chi connectivity index (χ2v) is 5.28. The molecule has 3 nitrogen and oxygen atoms in total. The molecule has 1 aliphatic rings. The Labute approximate surface area is 123 Å². The summed E-state index contributed by atoms with van der Waals surface area (Å²) in [6.07, 6.45) is 5.55. The lowest BCUT2D eigenvalue weighted by atomic mass is 10.1. The van der Waals surface area contributed by atoms with Gasteiger partial charge in [0.1, 0.15) is 11.5 Å². The number of anilines is 1. The molecule has 1 saturated carbocycles. The summed E-state index contributed by atoms with van der Waals surface area (Å²) in [4.78, 5) is 18.5. The Balaban J connectivity index is 2.00. The largest absolute Gasteiger partial charge is 0.301 e. The van der Waals surface area contributed by atoms with Gasteiger partial charge in [-0.15, -0.1) is 0 Å². The molecule has 0 spiro atoms. The molecule has 1 amide bonds. The van der Waals surface area contributed by atoms with E-state index in [0.717, 1.165) is 25.7 Å². The lowest BCUT2D eigenvalue weighted by Gasteiger charge is -2.29. The van der Waals surface area contributed by atoms with Crippen molar-refractivity contribution in [3.8, 4) is 0 Å². The van der Waals surface area contributed by atoms with Gasteiger partial charge >= 0.3 is 0 Å². The van der Waals surface area contributed by atoms with Gasteiger partial charge in [0, 0.05) is 12.2 Å². The highest BCUT2D eigenvalue weighted by molar-refractivity contribution is 6.05. The predicted molar refractivity (Wildman–Crippen MR) is 79.7 cm³/mol. The van der Waals surface area contributed by atoms with Crippen LogP contribution in [0.15, 0.2) is 48.7 Å². The first kappa shape index (κ1) is 13.7. The first-order chi connectivity index (χ1) is 10.3. The summed E-state index contributed by atoms with van der Waals surface area (Å²) in [7, 11) is 0. The molecule has 0 N–H and O–H groups in total. The Hall–Kier alpha value is -2.23. The van der Waals surface area contributed by atoms with E-state index in [2.05, 4.69) is 4.98 Å². The zero-order valence-corrected chi connectivity index (χ0v) is 11.7. The second kappa shape index (κ2) is 6.04. The number of carbonyl (C=O) groups is 1. The van der Waals surface area contributed by atoms with Crippen molar-refractivity contribution in [1.82, 2.24) is 4.98 Å². The van der Waals surface area contributed by atoms with Gasteiger partial charge in [0.05, 0.1) is 5.69 Å². The lowest BCUT2D eigenvalue weighted by molar-refractivity contribution is 0.0971. The van der Waals surface area contributed by atoms with Crippen LogP contribution in [0.5, 0.6) is 0 Å². The third kappa shape index (κ3) is 2.79. The quantitative estimate of drug-likeness (QED) is 0.858. The summed E-state index contributed by atoms with van der Waals surface area (Å²) >= 11 is 0. The van der Waals surface area contributed by atoms with Crippen LogP contribution in [-0.4, -0.2) is 16.9 Å². The van der Waals surface area contributed by atoms with Crippen molar-refractivity contribution >= 4 is 11.6 Å². The molecule has 1 aliphatic carbocycles. The molecular formula is C17H17FN2O. The van der Waals surface area contributed by atoms with Gasteiger partial charge in [0.15, 0.2) is 0 Å². The topological polar surface area (TPSA) is 33.2 Å². The molecule has 2 aromatic rings. The van der Waals surface area contributed by atoms with Gasteiger partial charge in [0.2, 0.25) is 0 Å². The number of para-hydroxylation sites is 1. The minimum Gasteiger partial charge on any atom is -0.301 e. The molecule has 4 heteroatoms. The maximum Gasteiger partial charge on any atom is 0.277 e. The van der Waals surface area contributed by atoms with E-state index >= 15 is 0 Å². The third-order valence-corrected chi connectivity index (χ3v) is 3.90. The molecule has 0 bridgehead atoms. The standard InChI is InChI=1S/C17H17FN2O/c18-14-9-3-4-11-16(14)20(13-7-1-2-8-13)17(21)15-10-5-6-12-19-15/h3-6,9-13H,1-2,7-8H2. The molecule has 0 aliphatic heterocycles. The number of benzene rings is 1. The van der Waals surface area contributed by atoms with E-state index < -0.39 is 0 Å². The highest BCUT2D eigenvalue weighted by Gasteiger charge is 2.30. The van der Waals surface area contributed by atoms with Crippen LogP contribution in [0, 0.1) is 5.82 Å². The first-order valence-corrected chi connectivity index (χ1v) is 7.26. The van der Waals surface area contributed by atoms with Crippen LogP contribution < -0.4 is 4.90 Å². The first-order valence-electron chi connectivity index (χ1n) is 7.26. The zero-order chi connectivity index (χ0) is 14.7. The highest BCUT2D eigenvalue weighted by Crippen LogP contribution is 2.31. The number of aromatic nitrogens is 1. The molecule has 1 aromatic heterocycles. The fraction of sp³-hybridized carbons (Fsp3) is 0.294. The average molecular weight is 284 g/mol. The Morgan fingerprint density at radius 1 is 1.10 bits per heavy atom. The number of rotatable bonds is 3. The van der Waals surface area contributed by atoms with E-state index in [1.165, 1.54) is 6.07 Å². The Morgan fingerprint density at radius 3 is 2.48 bits per heavy atom. The van der Waals surface area contributed by atoms with Crippen molar-refractivity contribution < 1.29 is 9.18 Å². The minimum absolute atomic E-state index is 0.0522. The summed E-state index contributed by atoms with van der Waals surface area (Å²) in [5, 5.41) is 0. The van der Waals surface area contributed by atoms with Crippen LogP contribution >= 0.6 is 0 Å². The number of nitrogens with zero attached hydrogens (tertiary/aromatic N) is 2. The summed E-state index contributed by atoms with van der Waals surface area (Å²) in [5.74, 6) is -0.596. The maximum atomic E-state index is 14.2. The monoisotopic (exact) mass is 284 g/mol. The van der Waals surface area contributed by atoms with Crippen molar-refractivity contribution in [2.75, 3.05) is 4.90 Å². The van der Waals surface area contributed by atoms with E-state index in [0.29, 0.717) is 11.4 Å². The summed E-state index contributed by atoms with van der Waals surface area (Å²) in [6, 6.07) is 11.7. The van der Waals surface area contributed by atoms with Gasteiger partial charge in [0.25, 0.3) is 5.91 Å². The fourth-order valence-corrected chi connectivity index (χ4v) is 2.89. The predicted octanol–water partition coefficient (Wildman–Crippen LogP) is 3.81. The number of hydrogen-bond acceptors (Lipinski definition) is 2. The van der Waals surface area contributed by atoms with Crippen molar-refractivity contribution in [2.24, 2.45) is 0 Å². The number of carbonyl (C=O) groups excluding carboxylic acids is 1. The average Bonchev–Trinajstić information content (AvgIpc) is 3.04. The maximum absolute atomic E-state index is 14.2. The van der Waals surface area contributed by atoms with Crippen molar-refractivity contribution in [3.05, 3.63) is 60.2 Å². The number of halogens is 1. The fourth-order valence-electron chi connectivity index (χ4n) is 2.89. The summed E-state index contributed by atoms with van der Waals surface area (Å²) in [5.41, 5.74) is 0.702. The van der Waals surface area contributed by atoms with E-state index in [4.69, 9.17) is 0 Å². The van der Waals surface area contributed by atoms with Gasteiger partial charge in [-0.05, 0) is 37.1 Å². The SMILES string of the molecule is O=C(c1ccccn1)N(c1ccccc1F)C1CCCC1. The van der Waals surface area contributed by atoms with Gasteiger partial charge < -0.3 is 4.90 Å². The second-order valence-electron chi connectivity index (χ2n) is 5.28. The van der Waals surface area contributed by atoms with E-state index in [9.17, 15) is 9.18 Å². The lowest BCUT2D eigenvalue weighted by Crippen LogP contribution is -2.40. The van der Waals surface area contributed by atoms with E-state index in [1.807, 2.05) is 0 Å². The summed E-state index contributed by atoms with van der Waals surface area (Å²) < 4.78 is 14.2. The van der Waals surface area contributed by atoms with Crippen LogP contribution in [0.4, 0.5) is 10.1 Å². The Morgan fingerprint density at radius 2 is 1.81 bits per heavy atom. The van der Waals surface area contributed by atoms with Crippen molar-refractivity contribution in [1.29, 1.82) is 0 Å². The van der Waals surface area contributed by atoms with Crippen LogP contribution in [0.25, 0.3) is 0 Å². The molecule has 108 valence electrons. The normalized spacial score (nSPS) is 15.1. The molecule has 0 atom stereocenters. The highest BCUT2D eigenvalue weighted by atomic mass is 19.1. The van der Waals surface area contributed by atoms with E-state index in [-0.39, 0.29) is 17.8 Å². The van der Waals surface area contributed by atoms with Crippen molar-refractivity contribution in [2.45, 2.75) is 31.7 Å². The van der Waals surface area contributed by atoms with Crippen LogP contribution in [0.1, 0.15) is 36.2 Å². The molecule has 1 aromatic carbocycles. The zero-order valence-electron chi connectivity index (χ0n) is 11.7. The molecule has 0 unspecified atom stereocenters. The van der Waals surface area contributed by atoms with Crippen LogP contribution in [-0.2, 0) is 0 Å². The van der Waals surface area contributed by atoms with Crippen LogP contribution in [0.2, 0.25) is 0 Å². The Bertz CT molecular complexity index is 624. The van der Waals surface area contributed by atoms with Crippen LogP contribution in [0.3, 0.4) is 0 Å². The van der Waals surface area contributed by atoms with E-state index in [1.54, 1.807) is 47.5 Å². The van der Waals surface area contributed by atoms with Gasteiger partial charge in [-0.1, -0.05) is 31.0 Å². The summed E-state index contributed by atoms with van der Waals surface area (Å²) in [6.45, 7) is 0. The molecule has 21 heavy (non-hydrogen) atoms. The smallest absolute Gasteiger partial charge is 0.277 e. The van der Waals surface area contributed by atoms with Gasteiger partial charge in [-0.3, -0.25) is 9.78 Å². The molecule has 1 heterocycles. The van der Waals surface area contributed by atoms with Gasteiger partial charge in [-0.25, -0.2) is 4.39 Å². The Kier molecular flexibility index (Phi) is 3.95. The number of amides is 1. The van der Waals surface area contributed by atoms with Crippen molar-refractivity contribution in [3.63, 3.8) is 0 Å². The molecule has 3 rings (SSSR count). The van der Waals surface area contributed by atoms with Gasteiger partial charge in [-0.2, -0.15) is 0 Å². The number of pyridine rings is 1. The molecule has 0 radical (unpaired) electrons. The molecular weight excluding hydrogens is 267 g/mol. The number of hydrogen-bond donors (Lipinski definition) is 0. The molecule has 0 saturated heterocycles. The minimum atomic E-state index is -0.367. The third-order valence-electron chi connectivity index (χ3n) is 3.90.